The SMILES string of the molecule is N#Cc1ccc2c(c1)C1(CCCCC1)c1cccc(-c3cccc(-c4nc(-c5ccc(-c6ccccc6)cc5)nc(-c5ccc6c(c5)oc5ccccc56)n4)c3)c1-2. The van der Waals surface area contributed by atoms with E-state index in [2.05, 4.69) is 127 Å². The van der Waals surface area contributed by atoms with Gasteiger partial charge in [0, 0.05) is 32.9 Å². The number of fused-ring (bicyclic) bond motifs is 8. The molecular formula is C52H36N4O. The molecular weight excluding hydrogens is 697 g/mol. The van der Waals surface area contributed by atoms with E-state index in [1.165, 1.54) is 47.1 Å². The van der Waals surface area contributed by atoms with Crippen LogP contribution in [0.15, 0.2) is 162 Å². The van der Waals surface area contributed by atoms with E-state index in [1.807, 2.05) is 36.4 Å². The van der Waals surface area contributed by atoms with Gasteiger partial charge in [-0.2, -0.15) is 5.26 Å². The first-order valence-electron chi connectivity index (χ1n) is 19.8. The highest BCUT2D eigenvalue weighted by molar-refractivity contribution is 6.05. The van der Waals surface area contributed by atoms with Crippen LogP contribution in [-0.2, 0) is 5.41 Å². The fourth-order valence-electron chi connectivity index (χ4n) is 9.45. The van der Waals surface area contributed by atoms with Crippen LogP contribution in [0.2, 0.25) is 0 Å². The first kappa shape index (κ1) is 33.2. The van der Waals surface area contributed by atoms with E-state index in [0.717, 1.165) is 73.7 Å². The van der Waals surface area contributed by atoms with Crippen molar-refractivity contribution in [2.45, 2.75) is 37.5 Å². The van der Waals surface area contributed by atoms with E-state index >= 15 is 0 Å². The number of hydrogen-bond donors (Lipinski definition) is 0. The van der Waals surface area contributed by atoms with E-state index in [-0.39, 0.29) is 5.41 Å². The van der Waals surface area contributed by atoms with Crippen molar-refractivity contribution in [2.75, 3.05) is 0 Å². The highest BCUT2D eigenvalue weighted by Gasteiger charge is 2.44. The Morgan fingerprint density at radius 1 is 0.456 bits per heavy atom. The van der Waals surface area contributed by atoms with Crippen LogP contribution in [0.5, 0.6) is 0 Å². The number of benzene rings is 7. The molecule has 270 valence electrons. The molecule has 0 amide bonds. The molecule has 0 bridgehead atoms. The largest absolute Gasteiger partial charge is 0.456 e. The van der Waals surface area contributed by atoms with Gasteiger partial charge in [0.25, 0.3) is 0 Å². The minimum absolute atomic E-state index is 0.0571. The maximum atomic E-state index is 9.89. The summed E-state index contributed by atoms with van der Waals surface area (Å²) in [5, 5.41) is 12.0. The van der Waals surface area contributed by atoms with Gasteiger partial charge in [-0.25, -0.2) is 15.0 Å². The molecule has 2 aliphatic carbocycles. The van der Waals surface area contributed by atoms with Crippen LogP contribution in [0.4, 0.5) is 0 Å². The van der Waals surface area contributed by atoms with Crippen LogP contribution >= 0.6 is 0 Å². The van der Waals surface area contributed by atoms with Crippen molar-refractivity contribution in [1.29, 1.82) is 5.26 Å². The monoisotopic (exact) mass is 732 g/mol. The average molecular weight is 733 g/mol. The molecule has 0 N–H and O–H groups in total. The van der Waals surface area contributed by atoms with E-state index in [1.54, 1.807) is 0 Å². The second kappa shape index (κ2) is 13.3. The number of nitriles is 1. The predicted octanol–water partition coefficient (Wildman–Crippen LogP) is 13.2. The smallest absolute Gasteiger partial charge is 0.164 e. The lowest BCUT2D eigenvalue weighted by atomic mass is 9.67. The third-order valence-electron chi connectivity index (χ3n) is 12.2. The Hall–Kier alpha value is -7.16. The van der Waals surface area contributed by atoms with Gasteiger partial charge >= 0.3 is 0 Å². The Morgan fingerprint density at radius 2 is 1.09 bits per heavy atom. The summed E-state index contributed by atoms with van der Waals surface area (Å²) in [4.78, 5) is 15.4. The topological polar surface area (TPSA) is 75.6 Å². The summed E-state index contributed by atoms with van der Waals surface area (Å²) < 4.78 is 6.29. The third-order valence-corrected chi connectivity index (χ3v) is 12.2. The molecule has 2 heterocycles. The summed E-state index contributed by atoms with van der Waals surface area (Å²) in [5.41, 5.74) is 14.8. The van der Waals surface area contributed by atoms with Crippen LogP contribution in [0.3, 0.4) is 0 Å². The highest BCUT2D eigenvalue weighted by atomic mass is 16.3. The van der Waals surface area contributed by atoms with Gasteiger partial charge in [0.05, 0.1) is 11.6 Å². The van der Waals surface area contributed by atoms with Gasteiger partial charge in [0.2, 0.25) is 0 Å². The lowest BCUT2D eigenvalue weighted by molar-refractivity contribution is 0.353. The molecule has 1 spiro atoms. The molecule has 0 atom stereocenters. The van der Waals surface area contributed by atoms with Gasteiger partial charge in [-0.05, 0) is 93.7 Å². The molecule has 1 saturated carbocycles. The summed E-state index contributed by atoms with van der Waals surface area (Å²) in [6.45, 7) is 0. The van der Waals surface area contributed by atoms with E-state index in [4.69, 9.17) is 19.4 Å². The lowest BCUT2D eigenvalue weighted by Gasteiger charge is -2.36. The van der Waals surface area contributed by atoms with Crippen LogP contribution in [0.1, 0.15) is 48.8 Å². The first-order chi connectivity index (χ1) is 28.1. The minimum atomic E-state index is -0.0571. The Morgan fingerprint density at radius 3 is 1.89 bits per heavy atom. The fourth-order valence-corrected chi connectivity index (χ4v) is 9.45. The number of aromatic nitrogens is 3. The molecule has 2 aromatic heterocycles. The quantitative estimate of drug-likeness (QED) is 0.176. The van der Waals surface area contributed by atoms with Crippen molar-refractivity contribution in [2.24, 2.45) is 0 Å². The van der Waals surface area contributed by atoms with Gasteiger partial charge in [-0.1, -0.05) is 141 Å². The van der Waals surface area contributed by atoms with Crippen LogP contribution in [0.25, 0.3) is 89.5 Å². The van der Waals surface area contributed by atoms with Crippen molar-refractivity contribution in [3.05, 3.63) is 174 Å². The summed E-state index contributed by atoms with van der Waals surface area (Å²) in [5.74, 6) is 1.79. The van der Waals surface area contributed by atoms with Gasteiger partial charge in [-0.3, -0.25) is 0 Å². The average Bonchev–Trinajstić information content (AvgIpc) is 3.79. The van der Waals surface area contributed by atoms with E-state index in [0.29, 0.717) is 17.5 Å². The number of furan rings is 1. The van der Waals surface area contributed by atoms with Crippen molar-refractivity contribution in [3.8, 4) is 73.6 Å². The molecule has 0 aliphatic heterocycles. The van der Waals surface area contributed by atoms with Crippen molar-refractivity contribution >= 4 is 21.9 Å². The first-order valence-corrected chi connectivity index (χ1v) is 19.8. The van der Waals surface area contributed by atoms with Crippen molar-refractivity contribution < 1.29 is 4.42 Å². The molecule has 2 aliphatic rings. The zero-order valence-corrected chi connectivity index (χ0v) is 31.2. The molecule has 5 nitrogen and oxygen atoms in total. The lowest BCUT2D eigenvalue weighted by Crippen LogP contribution is -2.28. The van der Waals surface area contributed by atoms with E-state index in [9.17, 15) is 5.26 Å². The van der Waals surface area contributed by atoms with Gasteiger partial charge in [0.1, 0.15) is 11.2 Å². The number of hydrogen-bond acceptors (Lipinski definition) is 5. The molecule has 0 unspecified atom stereocenters. The molecule has 9 aromatic rings. The summed E-state index contributed by atoms with van der Waals surface area (Å²) in [7, 11) is 0. The van der Waals surface area contributed by atoms with Gasteiger partial charge in [0.15, 0.2) is 17.5 Å². The van der Waals surface area contributed by atoms with E-state index < -0.39 is 0 Å². The maximum absolute atomic E-state index is 9.89. The van der Waals surface area contributed by atoms with Crippen LogP contribution in [0, 0.1) is 11.3 Å². The third kappa shape index (κ3) is 5.48. The molecule has 0 radical (unpaired) electrons. The summed E-state index contributed by atoms with van der Waals surface area (Å²) in [6, 6.07) is 57.2. The number of nitrogens with zero attached hydrogens (tertiary/aromatic N) is 4. The Balaban J connectivity index is 1.06. The van der Waals surface area contributed by atoms with Crippen LogP contribution in [-0.4, -0.2) is 15.0 Å². The zero-order valence-electron chi connectivity index (χ0n) is 31.2. The number of rotatable bonds is 5. The van der Waals surface area contributed by atoms with Gasteiger partial charge < -0.3 is 4.42 Å². The second-order valence-corrected chi connectivity index (χ2v) is 15.4. The summed E-state index contributed by atoms with van der Waals surface area (Å²) >= 11 is 0. The van der Waals surface area contributed by atoms with Crippen molar-refractivity contribution in [1.82, 2.24) is 15.0 Å². The molecule has 5 heteroatoms. The molecule has 11 rings (SSSR count). The summed E-state index contributed by atoms with van der Waals surface area (Å²) in [6.07, 6.45) is 5.85. The highest BCUT2D eigenvalue weighted by Crippen LogP contribution is 2.58. The van der Waals surface area contributed by atoms with Crippen molar-refractivity contribution in [3.63, 3.8) is 0 Å². The fraction of sp³-hybridized carbons (Fsp3) is 0.115. The predicted molar refractivity (Wildman–Crippen MR) is 228 cm³/mol. The normalized spacial score (nSPS) is 14.1. The number of para-hydroxylation sites is 1. The maximum Gasteiger partial charge on any atom is 0.164 e. The second-order valence-electron chi connectivity index (χ2n) is 15.4. The molecule has 7 aromatic carbocycles. The minimum Gasteiger partial charge on any atom is -0.456 e. The Bertz CT molecular complexity index is 3060. The standard InChI is InChI=1S/C52H36N4O/c53-32-33-19-25-43-45(29-33)52(27-7-2-8-28-52)44-17-10-16-40(48(43)44)37-13-9-14-38(30-37)50-54-49(36-22-20-35(21-23-36)34-11-3-1-4-12-34)55-51(56-50)39-24-26-42-41-15-5-6-18-46(41)57-47(42)31-39/h1,3-6,9-26,29-31H,2,7-8,27-28H2. The molecule has 0 saturated heterocycles. The Kier molecular flexibility index (Phi) is 7.72. The van der Waals surface area contributed by atoms with Crippen LogP contribution < -0.4 is 0 Å². The van der Waals surface area contributed by atoms with Gasteiger partial charge in [-0.15, -0.1) is 0 Å². The molecule has 57 heavy (non-hydrogen) atoms. The zero-order chi connectivity index (χ0) is 37.9. The Labute approximate surface area is 331 Å². The molecule has 1 fully saturated rings.